The summed E-state index contributed by atoms with van der Waals surface area (Å²) in [4.78, 5) is 2.73. The van der Waals surface area contributed by atoms with Gasteiger partial charge in [0.2, 0.25) is 0 Å². The first-order valence-electron chi connectivity index (χ1n) is 8.38. The van der Waals surface area contributed by atoms with Crippen LogP contribution < -0.4 is 5.32 Å². The van der Waals surface area contributed by atoms with E-state index in [0.717, 1.165) is 24.0 Å². The van der Waals surface area contributed by atoms with Gasteiger partial charge < -0.3 is 5.32 Å². The van der Waals surface area contributed by atoms with Gasteiger partial charge >= 0.3 is 0 Å². The topological polar surface area (TPSA) is 15.3 Å². The van der Waals surface area contributed by atoms with Crippen molar-refractivity contribution in [2.24, 2.45) is 5.92 Å². The molecule has 0 amide bonds. The lowest BCUT2D eigenvalue weighted by molar-refractivity contribution is 0.224. The summed E-state index contributed by atoms with van der Waals surface area (Å²) in [7, 11) is 0. The third-order valence-corrected chi connectivity index (χ3v) is 5.69. The van der Waals surface area contributed by atoms with E-state index in [1.165, 1.54) is 70.9 Å². The van der Waals surface area contributed by atoms with Crippen molar-refractivity contribution >= 4 is 0 Å². The van der Waals surface area contributed by atoms with E-state index in [9.17, 15) is 0 Å². The van der Waals surface area contributed by atoms with Crippen LogP contribution in [0.5, 0.6) is 0 Å². The van der Waals surface area contributed by atoms with Crippen LogP contribution >= 0.6 is 0 Å². The fourth-order valence-electron chi connectivity index (χ4n) is 4.68. The van der Waals surface area contributed by atoms with E-state index < -0.39 is 0 Å². The molecule has 18 heavy (non-hydrogen) atoms. The van der Waals surface area contributed by atoms with E-state index >= 15 is 0 Å². The summed E-state index contributed by atoms with van der Waals surface area (Å²) in [6.45, 7) is 5.10. The second-order valence-corrected chi connectivity index (χ2v) is 6.72. The van der Waals surface area contributed by atoms with E-state index in [-0.39, 0.29) is 0 Å². The lowest BCUT2D eigenvalue weighted by Crippen LogP contribution is -2.47. The molecule has 1 saturated carbocycles. The van der Waals surface area contributed by atoms with Gasteiger partial charge in [0.05, 0.1) is 0 Å². The molecule has 3 atom stereocenters. The van der Waals surface area contributed by atoms with E-state index in [4.69, 9.17) is 0 Å². The lowest BCUT2D eigenvalue weighted by Gasteiger charge is -2.34. The summed E-state index contributed by atoms with van der Waals surface area (Å²) >= 11 is 0. The van der Waals surface area contributed by atoms with Crippen molar-refractivity contribution in [2.75, 3.05) is 13.1 Å². The Morgan fingerprint density at radius 1 is 1.00 bits per heavy atom. The molecule has 2 heterocycles. The fourth-order valence-corrected chi connectivity index (χ4v) is 4.68. The Balaban J connectivity index is 1.56. The first-order valence-corrected chi connectivity index (χ1v) is 8.38. The highest BCUT2D eigenvalue weighted by molar-refractivity contribution is 4.97. The number of nitrogens with zero attached hydrogens (tertiary/aromatic N) is 1. The molecule has 0 aromatic rings. The van der Waals surface area contributed by atoms with Crippen LogP contribution in [0.25, 0.3) is 0 Å². The van der Waals surface area contributed by atoms with Crippen LogP contribution in [-0.4, -0.2) is 36.1 Å². The molecule has 104 valence electrons. The van der Waals surface area contributed by atoms with Crippen LogP contribution in [0.3, 0.4) is 0 Å². The average Bonchev–Trinajstić information content (AvgIpc) is 3.01. The van der Waals surface area contributed by atoms with Crippen molar-refractivity contribution < 1.29 is 0 Å². The first-order chi connectivity index (χ1) is 8.88. The van der Waals surface area contributed by atoms with Gasteiger partial charge in [0.15, 0.2) is 0 Å². The van der Waals surface area contributed by atoms with Crippen molar-refractivity contribution in [3.63, 3.8) is 0 Å². The van der Waals surface area contributed by atoms with Crippen molar-refractivity contribution in [2.45, 2.75) is 82.8 Å². The van der Waals surface area contributed by atoms with Gasteiger partial charge in [-0.25, -0.2) is 0 Å². The van der Waals surface area contributed by atoms with Crippen LogP contribution in [0.4, 0.5) is 0 Å². The Hall–Kier alpha value is -0.0800. The third kappa shape index (κ3) is 2.60. The third-order valence-electron chi connectivity index (χ3n) is 5.69. The largest absolute Gasteiger partial charge is 0.309 e. The minimum absolute atomic E-state index is 0.802. The molecule has 0 aromatic carbocycles. The SMILES string of the molecule is CCC(NC1CCN2CCCC12)C1CCCCC1. The van der Waals surface area contributed by atoms with Crippen molar-refractivity contribution in [1.29, 1.82) is 0 Å². The predicted octanol–water partition coefficient (Wildman–Crippen LogP) is 3.17. The van der Waals surface area contributed by atoms with E-state index in [1.54, 1.807) is 0 Å². The van der Waals surface area contributed by atoms with Crippen LogP contribution in [0.2, 0.25) is 0 Å². The summed E-state index contributed by atoms with van der Waals surface area (Å²) in [6.07, 6.45) is 13.0. The molecular weight excluding hydrogens is 220 g/mol. The number of nitrogens with one attached hydrogen (secondary N) is 1. The van der Waals surface area contributed by atoms with Crippen molar-refractivity contribution in [1.82, 2.24) is 10.2 Å². The maximum atomic E-state index is 4.07. The summed E-state index contributed by atoms with van der Waals surface area (Å²) in [5, 5.41) is 4.07. The smallest absolute Gasteiger partial charge is 0.0250 e. The highest BCUT2D eigenvalue weighted by Gasteiger charge is 2.38. The molecule has 0 radical (unpaired) electrons. The number of hydrogen-bond donors (Lipinski definition) is 1. The highest BCUT2D eigenvalue weighted by atomic mass is 15.2. The maximum Gasteiger partial charge on any atom is 0.0250 e. The van der Waals surface area contributed by atoms with Gasteiger partial charge in [0.1, 0.15) is 0 Å². The molecule has 1 aliphatic carbocycles. The van der Waals surface area contributed by atoms with Gasteiger partial charge in [-0.2, -0.15) is 0 Å². The van der Waals surface area contributed by atoms with Crippen LogP contribution in [0.15, 0.2) is 0 Å². The molecular formula is C16H30N2. The Morgan fingerprint density at radius 2 is 1.83 bits per heavy atom. The standard InChI is InChI=1S/C16H30N2/c1-2-14(13-7-4-3-5-8-13)17-15-10-12-18-11-6-9-16(15)18/h13-17H,2-12H2,1H3. The molecule has 2 heteroatoms. The predicted molar refractivity (Wildman–Crippen MR) is 76.8 cm³/mol. The summed E-state index contributed by atoms with van der Waals surface area (Å²) in [5.74, 6) is 0.971. The van der Waals surface area contributed by atoms with Gasteiger partial charge in [0, 0.05) is 24.7 Å². The minimum Gasteiger partial charge on any atom is -0.309 e. The molecule has 0 bridgehead atoms. The Morgan fingerprint density at radius 3 is 2.61 bits per heavy atom. The summed E-state index contributed by atoms with van der Waals surface area (Å²) < 4.78 is 0. The molecule has 2 nitrogen and oxygen atoms in total. The second kappa shape index (κ2) is 5.92. The average molecular weight is 250 g/mol. The quantitative estimate of drug-likeness (QED) is 0.824. The monoisotopic (exact) mass is 250 g/mol. The van der Waals surface area contributed by atoms with E-state index in [1.807, 2.05) is 0 Å². The molecule has 0 aromatic heterocycles. The number of hydrogen-bond acceptors (Lipinski definition) is 2. The zero-order valence-electron chi connectivity index (χ0n) is 12.0. The molecule has 2 saturated heterocycles. The zero-order chi connectivity index (χ0) is 12.4. The highest BCUT2D eigenvalue weighted by Crippen LogP contribution is 2.32. The van der Waals surface area contributed by atoms with Gasteiger partial charge in [-0.05, 0) is 51.0 Å². The fraction of sp³-hybridized carbons (Fsp3) is 1.00. The normalized spacial score (nSPS) is 35.8. The van der Waals surface area contributed by atoms with Crippen molar-refractivity contribution in [3.05, 3.63) is 0 Å². The Labute approximate surface area is 113 Å². The zero-order valence-corrected chi connectivity index (χ0v) is 12.0. The van der Waals surface area contributed by atoms with Crippen LogP contribution in [-0.2, 0) is 0 Å². The number of fused-ring (bicyclic) bond motifs is 1. The molecule has 3 rings (SSSR count). The van der Waals surface area contributed by atoms with Gasteiger partial charge in [0.25, 0.3) is 0 Å². The number of rotatable bonds is 4. The molecule has 3 fully saturated rings. The molecule has 3 aliphatic rings. The van der Waals surface area contributed by atoms with Crippen LogP contribution in [0, 0.1) is 5.92 Å². The minimum atomic E-state index is 0.802. The summed E-state index contributed by atoms with van der Waals surface area (Å²) in [6, 6.07) is 2.48. The Bertz CT molecular complexity index is 260. The van der Waals surface area contributed by atoms with Gasteiger partial charge in [-0.3, -0.25) is 4.90 Å². The van der Waals surface area contributed by atoms with E-state index in [2.05, 4.69) is 17.1 Å². The molecule has 1 N–H and O–H groups in total. The maximum absolute atomic E-state index is 4.07. The Kier molecular flexibility index (Phi) is 4.25. The van der Waals surface area contributed by atoms with Crippen LogP contribution in [0.1, 0.15) is 64.7 Å². The van der Waals surface area contributed by atoms with Gasteiger partial charge in [-0.15, -0.1) is 0 Å². The molecule has 3 unspecified atom stereocenters. The summed E-state index contributed by atoms with van der Waals surface area (Å²) in [5.41, 5.74) is 0. The molecule has 0 spiro atoms. The van der Waals surface area contributed by atoms with Gasteiger partial charge in [-0.1, -0.05) is 26.2 Å². The lowest BCUT2D eigenvalue weighted by atomic mass is 9.82. The second-order valence-electron chi connectivity index (χ2n) is 6.72. The molecule has 2 aliphatic heterocycles. The first kappa shape index (κ1) is 12.9. The van der Waals surface area contributed by atoms with Crippen molar-refractivity contribution in [3.8, 4) is 0 Å². The van der Waals surface area contributed by atoms with E-state index in [0.29, 0.717) is 0 Å².